The van der Waals surface area contributed by atoms with Crippen LogP contribution in [0.25, 0.3) is 5.69 Å². The fourth-order valence-electron chi connectivity index (χ4n) is 3.57. The van der Waals surface area contributed by atoms with Crippen LogP contribution in [-0.4, -0.2) is 40.9 Å². The standard InChI is InChI=1S/C28H25F2N3O5/c29-20-5-12-25(24(30)18-20)32-28(36)31-13-16-37-22-8-3-19(4-9-22)17-26(27(34)35)38-23-10-6-21(7-11-23)33-14-1-2-15-33/h1-12,14-15,18,26H,13,16-17H2,(H,34,35)(H2,31,32,36). The molecule has 4 rings (SSSR count). The number of carboxylic acids is 1. The normalized spacial score (nSPS) is 11.4. The lowest BCUT2D eigenvalue weighted by atomic mass is 10.1. The fraction of sp³-hybridized carbons (Fsp3) is 0.143. The average Bonchev–Trinajstić information content (AvgIpc) is 3.44. The van der Waals surface area contributed by atoms with Crippen LogP contribution < -0.4 is 20.1 Å². The van der Waals surface area contributed by atoms with Gasteiger partial charge in [-0.2, -0.15) is 0 Å². The van der Waals surface area contributed by atoms with Gasteiger partial charge >= 0.3 is 12.0 Å². The van der Waals surface area contributed by atoms with Crippen molar-refractivity contribution in [3.8, 4) is 17.2 Å². The summed E-state index contributed by atoms with van der Waals surface area (Å²) in [5.41, 5.74) is 1.54. The predicted octanol–water partition coefficient (Wildman–Crippen LogP) is 5.03. The van der Waals surface area contributed by atoms with Crippen LogP contribution in [0.1, 0.15) is 5.56 Å². The number of nitrogens with zero attached hydrogens (tertiary/aromatic N) is 1. The highest BCUT2D eigenvalue weighted by Crippen LogP contribution is 2.20. The molecule has 0 fully saturated rings. The maximum Gasteiger partial charge on any atom is 0.345 e. The number of urea groups is 1. The SMILES string of the molecule is O=C(NCCOc1ccc(CC(Oc2ccc(-n3cccc3)cc2)C(=O)O)cc1)Nc1ccc(F)cc1F. The topological polar surface area (TPSA) is 102 Å². The number of hydrogen-bond donors (Lipinski definition) is 3. The largest absolute Gasteiger partial charge is 0.492 e. The number of aromatic nitrogens is 1. The van der Waals surface area contributed by atoms with Gasteiger partial charge in [-0.05, 0) is 66.2 Å². The third-order valence-corrected chi connectivity index (χ3v) is 5.47. The molecule has 10 heteroatoms. The number of carbonyl (C=O) groups excluding carboxylic acids is 1. The summed E-state index contributed by atoms with van der Waals surface area (Å²) in [7, 11) is 0. The van der Waals surface area contributed by atoms with Crippen LogP contribution in [0.5, 0.6) is 11.5 Å². The van der Waals surface area contributed by atoms with Crippen LogP contribution in [0, 0.1) is 11.6 Å². The molecule has 1 heterocycles. The second-order valence-electron chi connectivity index (χ2n) is 8.23. The van der Waals surface area contributed by atoms with E-state index in [-0.39, 0.29) is 25.3 Å². The molecular weight excluding hydrogens is 496 g/mol. The fourth-order valence-corrected chi connectivity index (χ4v) is 3.57. The Balaban J connectivity index is 1.22. The number of carboxylic acid groups (broad SMARTS) is 1. The summed E-state index contributed by atoms with van der Waals surface area (Å²) in [6, 6.07) is 20.0. The van der Waals surface area contributed by atoms with Crippen molar-refractivity contribution in [3.63, 3.8) is 0 Å². The minimum Gasteiger partial charge on any atom is -0.492 e. The number of ether oxygens (including phenoxy) is 2. The molecule has 196 valence electrons. The zero-order valence-corrected chi connectivity index (χ0v) is 20.1. The highest BCUT2D eigenvalue weighted by Gasteiger charge is 2.20. The van der Waals surface area contributed by atoms with Crippen LogP contribution in [0.15, 0.2) is 91.3 Å². The molecule has 1 atom stereocenters. The van der Waals surface area contributed by atoms with E-state index in [0.717, 1.165) is 23.4 Å². The Morgan fingerprint density at radius 1 is 0.921 bits per heavy atom. The Hall–Kier alpha value is -4.86. The molecule has 0 spiro atoms. The lowest BCUT2D eigenvalue weighted by molar-refractivity contribution is -0.145. The summed E-state index contributed by atoms with van der Waals surface area (Å²) >= 11 is 0. The minimum absolute atomic E-state index is 0.133. The molecule has 3 N–H and O–H groups in total. The Labute approximate surface area is 217 Å². The number of amides is 2. The van der Waals surface area contributed by atoms with Crippen LogP contribution >= 0.6 is 0 Å². The number of hydrogen-bond acceptors (Lipinski definition) is 4. The Morgan fingerprint density at radius 3 is 2.26 bits per heavy atom. The predicted molar refractivity (Wildman–Crippen MR) is 137 cm³/mol. The smallest absolute Gasteiger partial charge is 0.345 e. The van der Waals surface area contributed by atoms with E-state index in [4.69, 9.17) is 9.47 Å². The maximum atomic E-state index is 13.6. The van der Waals surface area contributed by atoms with Gasteiger partial charge in [-0.15, -0.1) is 0 Å². The number of carbonyl (C=O) groups is 2. The molecule has 38 heavy (non-hydrogen) atoms. The van der Waals surface area contributed by atoms with Crippen LogP contribution in [0.2, 0.25) is 0 Å². The van der Waals surface area contributed by atoms with Gasteiger partial charge in [0, 0.05) is 30.6 Å². The van der Waals surface area contributed by atoms with Gasteiger partial charge in [-0.25, -0.2) is 18.4 Å². The summed E-state index contributed by atoms with van der Waals surface area (Å²) in [6.07, 6.45) is 2.90. The quantitative estimate of drug-likeness (QED) is 0.240. The van der Waals surface area contributed by atoms with Crippen molar-refractivity contribution in [2.24, 2.45) is 0 Å². The maximum absolute atomic E-state index is 13.6. The third-order valence-electron chi connectivity index (χ3n) is 5.47. The molecule has 0 saturated heterocycles. The van der Waals surface area contributed by atoms with E-state index >= 15 is 0 Å². The van der Waals surface area contributed by atoms with Crippen molar-refractivity contribution in [2.45, 2.75) is 12.5 Å². The van der Waals surface area contributed by atoms with Crippen molar-refractivity contribution in [3.05, 3.63) is 108 Å². The third kappa shape index (κ3) is 7.33. The van der Waals surface area contributed by atoms with Gasteiger partial charge in [0.15, 0.2) is 6.10 Å². The zero-order chi connectivity index (χ0) is 26.9. The number of rotatable bonds is 11. The van der Waals surface area contributed by atoms with E-state index < -0.39 is 29.7 Å². The number of nitrogens with one attached hydrogen (secondary N) is 2. The van der Waals surface area contributed by atoms with Crippen LogP contribution in [-0.2, 0) is 11.2 Å². The first kappa shape index (κ1) is 26.2. The number of halogens is 2. The van der Waals surface area contributed by atoms with E-state index in [2.05, 4.69) is 10.6 Å². The van der Waals surface area contributed by atoms with E-state index in [0.29, 0.717) is 17.6 Å². The first-order chi connectivity index (χ1) is 18.4. The highest BCUT2D eigenvalue weighted by atomic mass is 19.1. The molecular formula is C28H25F2N3O5. The van der Waals surface area contributed by atoms with Crippen molar-refractivity contribution in [1.82, 2.24) is 9.88 Å². The summed E-state index contributed by atoms with van der Waals surface area (Å²) < 4.78 is 39.8. The van der Waals surface area contributed by atoms with E-state index in [9.17, 15) is 23.5 Å². The molecule has 0 radical (unpaired) electrons. The molecule has 2 amide bonds. The molecule has 1 unspecified atom stereocenters. The average molecular weight is 522 g/mol. The van der Waals surface area contributed by atoms with Crippen molar-refractivity contribution in [1.29, 1.82) is 0 Å². The zero-order valence-electron chi connectivity index (χ0n) is 20.1. The van der Waals surface area contributed by atoms with Gasteiger partial charge in [0.2, 0.25) is 0 Å². The molecule has 4 aromatic rings. The first-order valence-electron chi connectivity index (χ1n) is 11.7. The van der Waals surface area contributed by atoms with Crippen LogP contribution in [0.3, 0.4) is 0 Å². The summed E-state index contributed by atoms with van der Waals surface area (Å²) in [6.45, 7) is 0.271. The molecule has 0 aliphatic heterocycles. The van der Waals surface area contributed by atoms with Gasteiger partial charge in [0.1, 0.15) is 29.7 Å². The number of anilines is 1. The van der Waals surface area contributed by atoms with E-state index in [1.807, 2.05) is 41.2 Å². The molecule has 1 aromatic heterocycles. The Kier molecular flexibility index (Phi) is 8.55. The Bertz CT molecular complexity index is 1360. The van der Waals surface area contributed by atoms with Gasteiger partial charge in [-0.1, -0.05) is 12.1 Å². The van der Waals surface area contributed by atoms with Gasteiger partial charge in [0.25, 0.3) is 0 Å². The molecule has 0 aliphatic carbocycles. The second kappa shape index (κ2) is 12.4. The minimum atomic E-state index is -1.08. The van der Waals surface area contributed by atoms with Crippen molar-refractivity contribution < 1.29 is 33.0 Å². The molecule has 3 aromatic carbocycles. The Morgan fingerprint density at radius 2 is 1.61 bits per heavy atom. The molecule has 0 bridgehead atoms. The monoisotopic (exact) mass is 521 g/mol. The summed E-state index contributed by atoms with van der Waals surface area (Å²) in [5.74, 6) is -1.72. The summed E-state index contributed by atoms with van der Waals surface area (Å²) in [5, 5.41) is 14.4. The van der Waals surface area contributed by atoms with Gasteiger partial charge in [-0.3, -0.25) is 0 Å². The van der Waals surface area contributed by atoms with E-state index in [1.54, 1.807) is 36.4 Å². The molecule has 0 aliphatic rings. The van der Waals surface area contributed by atoms with Crippen molar-refractivity contribution >= 4 is 17.7 Å². The first-order valence-corrected chi connectivity index (χ1v) is 11.7. The van der Waals surface area contributed by atoms with Gasteiger partial charge in [0.05, 0.1) is 12.2 Å². The van der Waals surface area contributed by atoms with Crippen LogP contribution in [0.4, 0.5) is 19.3 Å². The van der Waals surface area contributed by atoms with Gasteiger partial charge < -0.3 is 29.8 Å². The molecule has 0 saturated carbocycles. The van der Waals surface area contributed by atoms with Crippen molar-refractivity contribution in [2.75, 3.05) is 18.5 Å². The summed E-state index contributed by atoms with van der Waals surface area (Å²) in [4.78, 5) is 23.6. The lowest BCUT2D eigenvalue weighted by Gasteiger charge is -2.16. The van der Waals surface area contributed by atoms with E-state index in [1.165, 1.54) is 0 Å². The molecule has 8 nitrogen and oxygen atoms in total. The lowest BCUT2D eigenvalue weighted by Crippen LogP contribution is -2.32. The second-order valence-corrected chi connectivity index (χ2v) is 8.23. The number of benzene rings is 3. The number of aliphatic carboxylic acids is 1. The highest BCUT2D eigenvalue weighted by molar-refractivity contribution is 5.89.